The quantitative estimate of drug-likeness (QED) is 0.641. The average molecular weight is 418 g/mol. The van der Waals surface area contributed by atoms with Crippen molar-refractivity contribution in [3.8, 4) is 0 Å². The molecule has 0 aliphatic heterocycles. The Morgan fingerprint density at radius 3 is 2.81 bits per heavy atom. The second-order valence-electron chi connectivity index (χ2n) is 5.65. The molecule has 1 N–H and O–H groups in total. The maximum absolute atomic E-state index is 12.3. The number of nitrogens with zero attached hydrogens (tertiary/aromatic N) is 2. The Kier molecular flexibility index (Phi) is 5.32. The summed E-state index contributed by atoms with van der Waals surface area (Å²) in [5.41, 5.74) is 0.158. The lowest BCUT2D eigenvalue weighted by Gasteiger charge is -2.08. The molecule has 0 bridgehead atoms. The van der Waals surface area contributed by atoms with E-state index in [2.05, 4.69) is 26.2 Å². The molecular formula is C18H16BrN3O4. The van der Waals surface area contributed by atoms with Crippen LogP contribution in [0.5, 0.6) is 0 Å². The summed E-state index contributed by atoms with van der Waals surface area (Å²) in [5, 5.41) is 3.26. The molecule has 8 heteroatoms. The maximum atomic E-state index is 12.3. The lowest BCUT2D eigenvalue weighted by atomic mass is 10.2. The van der Waals surface area contributed by atoms with E-state index in [-0.39, 0.29) is 24.2 Å². The second-order valence-corrected chi connectivity index (χ2v) is 6.57. The highest BCUT2D eigenvalue weighted by Gasteiger charge is 2.13. The van der Waals surface area contributed by atoms with Crippen LogP contribution in [0.1, 0.15) is 23.0 Å². The fraction of sp³-hybridized carbons (Fsp3) is 0.222. The molecule has 0 saturated heterocycles. The first-order chi connectivity index (χ1) is 12.5. The van der Waals surface area contributed by atoms with Crippen LogP contribution in [0.2, 0.25) is 0 Å². The monoisotopic (exact) mass is 417 g/mol. The molecule has 1 aromatic carbocycles. The number of amides is 1. The minimum Gasteiger partial charge on any atom is -0.422 e. The van der Waals surface area contributed by atoms with E-state index >= 15 is 0 Å². The number of halogens is 1. The summed E-state index contributed by atoms with van der Waals surface area (Å²) in [4.78, 5) is 40.4. The van der Waals surface area contributed by atoms with Gasteiger partial charge in [-0.1, -0.05) is 22.9 Å². The van der Waals surface area contributed by atoms with Crippen LogP contribution in [-0.2, 0) is 13.0 Å². The molecule has 0 atom stereocenters. The molecule has 3 rings (SSSR count). The number of aromatic nitrogens is 2. The van der Waals surface area contributed by atoms with Gasteiger partial charge in [0.05, 0.1) is 6.33 Å². The van der Waals surface area contributed by atoms with Gasteiger partial charge in [0.2, 0.25) is 0 Å². The Morgan fingerprint density at radius 1 is 1.27 bits per heavy atom. The summed E-state index contributed by atoms with van der Waals surface area (Å²) in [6.07, 6.45) is 2.13. The molecule has 0 saturated carbocycles. The predicted molar refractivity (Wildman–Crippen MR) is 100 cm³/mol. The van der Waals surface area contributed by atoms with Gasteiger partial charge >= 0.3 is 5.63 Å². The van der Waals surface area contributed by atoms with Crippen molar-refractivity contribution in [1.29, 1.82) is 0 Å². The smallest absolute Gasteiger partial charge is 0.349 e. The van der Waals surface area contributed by atoms with Gasteiger partial charge in [-0.15, -0.1) is 0 Å². The number of fused-ring (bicyclic) bond motifs is 1. The van der Waals surface area contributed by atoms with E-state index in [1.165, 1.54) is 23.0 Å². The highest BCUT2D eigenvalue weighted by atomic mass is 79.9. The molecule has 134 valence electrons. The zero-order chi connectivity index (χ0) is 18.7. The first kappa shape index (κ1) is 18.1. The third kappa shape index (κ3) is 3.91. The maximum Gasteiger partial charge on any atom is 0.349 e. The number of rotatable bonds is 5. The highest BCUT2D eigenvalue weighted by Crippen LogP contribution is 2.19. The summed E-state index contributed by atoms with van der Waals surface area (Å²) in [5.74, 6) is -0.549. The number of hydrogen-bond acceptors (Lipinski definition) is 5. The second kappa shape index (κ2) is 7.65. The van der Waals surface area contributed by atoms with Gasteiger partial charge in [0, 0.05) is 34.7 Å². The van der Waals surface area contributed by atoms with Crippen molar-refractivity contribution in [2.75, 3.05) is 6.54 Å². The number of carbonyl (C=O) groups is 1. The average Bonchev–Trinajstić information content (AvgIpc) is 2.62. The van der Waals surface area contributed by atoms with Crippen molar-refractivity contribution < 1.29 is 9.21 Å². The predicted octanol–water partition coefficient (Wildman–Crippen LogP) is 2.10. The number of nitrogens with one attached hydrogen (secondary N) is 1. The van der Waals surface area contributed by atoms with Crippen molar-refractivity contribution in [3.05, 3.63) is 73.2 Å². The van der Waals surface area contributed by atoms with Gasteiger partial charge in [-0.25, -0.2) is 9.78 Å². The summed E-state index contributed by atoms with van der Waals surface area (Å²) < 4.78 is 7.39. The molecule has 0 spiro atoms. The third-order valence-corrected chi connectivity index (χ3v) is 4.37. The Bertz CT molecular complexity index is 1090. The van der Waals surface area contributed by atoms with Gasteiger partial charge < -0.3 is 9.73 Å². The van der Waals surface area contributed by atoms with E-state index < -0.39 is 11.5 Å². The zero-order valence-electron chi connectivity index (χ0n) is 14.0. The molecule has 1 amide bonds. The molecule has 26 heavy (non-hydrogen) atoms. The molecule has 7 nitrogen and oxygen atoms in total. The summed E-state index contributed by atoms with van der Waals surface area (Å²) in [7, 11) is 0. The van der Waals surface area contributed by atoms with E-state index in [9.17, 15) is 14.4 Å². The third-order valence-electron chi connectivity index (χ3n) is 3.88. The molecule has 0 fully saturated rings. The number of carbonyl (C=O) groups excluding carboxylic acids is 1. The summed E-state index contributed by atoms with van der Waals surface area (Å²) >= 11 is 3.34. The Morgan fingerprint density at radius 2 is 2.08 bits per heavy atom. The van der Waals surface area contributed by atoms with Crippen molar-refractivity contribution in [1.82, 2.24) is 14.9 Å². The van der Waals surface area contributed by atoms with Crippen molar-refractivity contribution in [2.45, 2.75) is 19.9 Å². The van der Waals surface area contributed by atoms with E-state index in [0.717, 1.165) is 10.2 Å². The molecule has 0 aliphatic carbocycles. The lowest BCUT2D eigenvalue weighted by molar-refractivity contribution is 0.0948. The normalized spacial score (nSPS) is 10.8. The van der Waals surface area contributed by atoms with Crippen molar-refractivity contribution >= 4 is 32.8 Å². The molecule has 2 heterocycles. The molecular weight excluding hydrogens is 402 g/mol. The van der Waals surface area contributed by atoms with Crippen LogP contribution in [0.4, 0.5) is 0 Å². The molecule has 0 radical (unpaired) electrons. The summed E-state index contributed by atoms with van der Waals surface area (Å²) in [6.45, 7) is 2.36. The van der Waals surface area contributed by atoms with E-state index in [0.29, 0.717) is 17.4 Å². The number of aryl methyl sites for hydroxylation is 1. The van der Waals surface area contributed by atoms with Gasteiger partial charge in [0.25, 0.3) is 11.5 Å². The zero-order valence-corrected chi connectivity index (χ0v) is 15.6. The highest BCUT2D eigenvalue weighted by molar-refractivity contribution is 9.10. The largest absolute Gasteiger partial charge is 0.422 e. The van der Waals surface area contributed by atoms with E-state index in [4.69, 9.17) is 4.42 Å². The van der Waals surface area contributed by atoms with Gasteiger partial charge in [-0.3, -0.25) is 14.2 Å². The van der Waals surface area contributed by atoms with Crippen LogP contribution in [0.25, 0.3) is 11.0 Å². The number of benzene rings is 1. The van der Waals surface area contributed by atoms with E-state index in [1.807, 2.05) is 6.92 Å². The lowest BCUT2D eigenvalue weighted by Crippen LogP contribution is -2.33. The minimum atomic E-state index is -0.705. The minimum absolute atomic E-state index is 0.0811. The van der Waals surface area contributed by atoms with Gasteiger partial charge in [-0.05, 0) is 30.7 Å². The number of hydrogen-bond donors (Lipinski definition) is 1. The van der Waals surface area contributed by atoms with Gasteiger partial charge in [0.15, 0.2) is 0 Å². The SMILES string of the molecule is CCc1cc(=O)n(CCNC(=O)c2cc3cc(Br)ccc3oc2=O)cn1. The molecule has 0 aliphatic rings. The van der Waals surface area contributed by atoms with E-state index in [1.54, 1.807) is 18.2 Å². The van der Waals surface area contributed by atoms with Crippen LogP contribution < -0.4 is 16.5 Å². The first-order valence-electron chi connectivity index (χ1n) is 8.05. The topological polar surface area (TPSA) is 94.2 Å². The fourth-order valence-electron chi connectivity index (χ4n) is 2.46. The van der Waals surface area contributed by atoms with Crippen LogP contribution in [0, 0.1) is 0 Å². The van der Waals surface area contributed by atoms with Crippen LogP contribution >= 0.6 is 15.9 Å². The van der Waals surface area contributed by atoms with Crippen LogP contribution in [-0.4, -0.2) is 22.0 Å². The van der Waals surface area contributed by atoms with Crippen LogP contribution in [0.3, 0.4) is 0 Å². The Balaban J connectivity index is 1.72. The first-order valence-corrected chi connectivity index (χ1v) is 8.84. The van der Waals surface area contributed by atoms with Gasteiger partial charge in [0.1, 0.15) is 11.1 Å². The van der Waals surface area contributed by atoms with Crippen LogP contribution in [0.15, 0.2) is 55.1 Å². The molecule has 3 aromatic rings. The Hall–Kier alpha value is -2.74. The standard InChI is InChI=1S/C18H16BrN3O4/c1-2-13-9-16(23)22(10-21-13)6-5-20-17(24)14-8-11-7-12(19)3-4-15(11)26-18(14)25/h3-4,7-10H,2,5-6H2,1H3,(H,20,24). The van der Waals surface area contributed by atoms with Gasteiger partial charge in [-0.2, -0.15) is 0 Å². The molecule has 0 unspecified atom stereocenters. The van der Waals surface area contributed by atoms with Crippen molar-refractivity contribution in [3.63, 3.8) is 0 Å². The Labute approximate surface area is 156 Å². The van der Waals surface area contributed by atoms with Crippen molar-refractivity contribution in [2.24, 2.45) is 0 Å². The summed E-state index contributed by atoms with van der Waals surface area (Å²) in [6, 6.07) is 8.13. The fourth-order valence-corrected chi connectivity index (χ4v) is 2.84. The molecule has 2 aromatic heterocycles.